The van der Waals surface area contributed by atoms with E-state index >= 15 is 0 Å². The van der Waals surface area contributed by atoms with E-state index in [0.29, 0.717) is 5.41 Å². The van der Waals surface area contributed by atoms with Crippen molar-refractivity contribution in [2.45, 2.75) is 120 Å². The third kappa shape index (κ3) is 4.89. The van der Waals surface area contributed by atoms with E-state index < -0.39 is 0 Å². The van der Waals surface area contributed by atoms with Gasteiger partial charge in [-0.15, -0.1) is 9.24 Å². The van der Waals surface area contributed by atoms with Crippen molar-refractivity contribution >= 4 is 17.2 Å². The predicted molar refractivity (Wildman–Crippen MR) is 160 cm³/mol. The lowest BCUT2D eigenvalue weighted by Gasteiger charge is -2.62. The zero-order chi connectivity index (χ0) is 24.9. The van der Waals surface area contributed by atoms with Crippen LogP contribution in [0.5, 0.6) is 0 Å². The highest BCUT2D eigenvalue weighted by atomic mass is 31.1. The van der Waals surface area contributed by atoms with Crippen LogP contribution in [0.2, 0.25) is 0 Å². The van der Waals surface area contributed by atoms with Gasteiger partial charge in [-0.3, -0.25) is 0 Å². The van der Waals surface area contributed by atoms with Crippen LogP contribution in [0.4, 0.5) is 0 Å². The van der Waals surface area contributed by atoms with Crippen molar-refractivity contribution in [3.63, 3.8) is 0 Å². The van der Waals surface area contributed by atoms with Crippen LogP contribution in [-0.4, -0.2) is 30.8 Å². The van der Waals surface area contributed by atoms with Crippen LogP contribution in [0.3, 0.4) is 0 Å². The molecule has 0 spiro atoms. The average Bonchev–Trinajstić information content (AvgIpc) is 2.87. The van der Waals surface area contributed by atoms with E-state index in [1.807, 2.05) is 0 Å². The topological polar surface area (TPSA) is 24.1 Å². The van der Waals surface area contributed by atoms with E-state index in [4.69, 9.17) is 0 Å². The molecule has 7 rings (SSSR count). The van der Waals surface area contributed by atoms with Gasteiger partial charge in [0.1, 0.15) is 0 Å². The van der Waals surface area contributed by atoms with Gasteiger partial charge in [-0.2, -0.15) is 0 Å². The minimum Gasteiger partial charge on any atom is -0.310 e. The van der Waals surface area contributed by atoms with Crippen LogP contribution < -0.4 is 10.6 Å². The summed E-state index contributed by atoms with van der Waals surface area (Å²) < 4.78 is 0. The minimum absolute atomic E-state index is 0.125. The standard InChI is InChI=1S/C32H52N2P2/c1-31(2,3)26-10-11-27(32-18-22-14-23(19-32)16-24(15-22)28(32)20-35)25(17-26)21-36(29-8-4-6-12-33-29)30-9-5-7-13-34-30/h10-11,17,22-24,28-30,33-34H,4-9,12-16,18-21,35H2,1-3H3. The summed E-state index contributed by atoms with van der Waals surface area (Å²) in [5.74, 6) is 5.32. The second kappa shape index (κ2) is 10.5. The molecule has 4 bridgehead atoms. The number of rotatable bonds is 6. The van der Waals surface area contributed by atoms with E-state index in [0.717, 1.165) is 35.2 Å². The fourth-order valence-electron chi connectivity index (χ4n) is 9.53. The molecule has 200 valence electrons. The van der Waals surface area contributed by atoms with Crippen molar-refractivity contribution in [1.82, 2.24) is 10.6 Å². The summed E-state index contributed by atoms with van der Waals surface area (Å²) in [6.07, 6.45) is 18.5. The SMILES string of the molecule is CC(C)(C)c1ccc(C23CC4CC(CC(C4)C2CP)C3)c(CP(C2CCCCN2)C2CCCCN2)c1. The van der Waals surface area contributed by atoms with Crippen LogP contribution in [0, 0.1) is 23.7 Å². The van der Waals surface area contributed by atoms with Crippen LogP contribution in [-0.2, 0) is 17.0 Å². The van der Waals surface area contributed by atoms with E-state index in [1.54, 1.807) is 16.7 Å². The molecule has 2 aliphatic heterocycles. The lowest BCUT2D eigenvalue weighted by molar-refractivity contribution is -0.0520. The van der Waals surface area contributed by atoms with Crippen molar-refractivity contribution in [2.24, 2.45) is 23.7 Å². The minimum atomic E-state index is -0.125. The van der Waals surface area contributed by atoms with Crippen molar-refractivity contribution in [2.75, 3.05) is 19.3 Å². The number of nitrogens with one attached hydrogen (secondary N) is 2. The Hall–Kier alpha value is -0.0000000000000000555. The lowest BCUT2D eigenvalue weighted by atomic mass is 9.43. The highest BCUT2D eigenvalue weighted by Crippen LogP contribution is 2.65. The van der Waals surface area contributed by atoms with Crippen LogP contribution in [0.25, 0.3) is 0 Å². The predicted octanol–water partition coefficient (Wildman–Crippen LogP) is 7.73. The fourth-order valence-corrected chi connectivity index (χ4v) is 13.6. The summed E-state index contributed by atoms with van der Waals surface area (Å²) in [6.45, 7) is 9.70. The molecule has 0 radical (unpaired) electrons. The monoisotopic (exact) mass is 526 g/mol. The smallest absolute Gasteiger partial charge is 0.0286 e. The first-order valence-corrected chi connectivity index (χ1v) is 17.9. The Labute approximate surface area is 225 Å². The number of hydrogen-bond acceptors (Lipinski definition) is 2. The molecule has 1 aromatic carbocycles. The Morgan fingerprint density at radius 2 is 1.56 bits per heavy atom. The lowest BCUT2D eigenvalue weighted by Crippen LogP contribution is -2.56. The molecule has 2 heterocycles. The van der Waals surface area contributed by atoms with Crippen molar-refractivity contribution in [3.8, 4) is 0 Å². The number of piperidine rings is 2. The molecule has 6 unspecified atom stereocenters. The normalized spacial score (nSPS) is 39.3. The third-order valence-corrected chi connectivity index (χ3v) is 14.7. The fraction of sp³-hybridized carbons (Fsp3) is 0.812. The summed E-state index contributed by atoms with van der Waals surface area (Å²) in [6, 6.07) is 7.93. The molecule has 4 aliphatic carbocycles. The molecule has 0 amide bonds. The molecule has 4 heteroatoms. The van der Waals surface area contributed by atoms with Gasteiger partial charge >= 0.3 is 0 Å². The first-order valence-electron chi connectivity index (χ1n) is 15.4. The Kier molecular flexibility index (Phi) is 7.67. The van der Waals surface area contributed by atoms with Gasteiger partial charge < -0.3 is 10.6 Å². The molecule has 2 nitrogen and oxygen atoms in total. The van der Waals surface area contributed by atoms with Crippen LogP contribution >= 0.6 is 17.2 Å². The molecular formula is C32H52N2P2. The van der Waals surface area contributed by atoms with Gasteiger partial charge in [-0.05, 0) is 134 Å². The molecular weight excluding hydrogens is 474 g/mol. The van der Waals surface area contributed by atoms with Crippen LogP contribution in [0.1, 0.15) is 108 Å². The zero-order valence-corrected chi connectivity index (χ0v) is 25.4. The second-order valence-electron chi connectivity index (χ2n) is 14.3. The average molecular weight is 527 g/mol. The molecule has 2 N–H and O–H groups in total. The summed E-state index contributed by atoms with van der Waals surface area (Å²) in [5, 5.41) is 8.08. The van der Waals surface area contributed by atoms with Gasteiger partial charge in [0.25, 0.3) is 0 Å². The number of benzene rings is 1. The Morgan fingerprint density at radius 3 is 2.08 bits per heavy atom. The van der Waals surface area contributed by atoms with E-state index in [2.05, 4.69) is 58.8 Å². The molecule has 6 aliphatic rings. The highest BCUT2D eigenvalue weighted by molar-refractivity contribution is 7.58. The zero-order valence-electron chi connectivity index (χ0n) is 23.3. The largest absolute Gasteiger partial charge is 0.310 e. The Bertz CT molecular complexity index is 879. The van der Waals surface area contributed by atoms with E-state index in [9.17, 15) is 0 Å². The van der Waals surface area contributed by atoms with Crippen LogP contribution in [0.15, 0.2) is 18.2 Å². The van der Waals surface area contributed by atoms with E-state index in [1.165, 1.54) is 96.0 Å². The third-order valence-electron chi connectivity index (χ3n) is 11.0. The molecule has 1 aromatic rings. The van der Waals surface area contributed by atoms with Crippen molar-refractivity contribution in [3.05, 3.63) is 34.9 Å². The molecule has 36 heavy (non-hydrogen) atoms. The quantitative estimate of drug-likeness (QED) is 0.371. The Morgan fingerprint density at radius 1 is 0.917 bits per heavy atom. The maximum atomic E-state index is 4.04. The van der Waals surface area contributed by atoms with Gasteiger partial charge in [0.2, 0.25) is 0 Å². The second-order valence-corrected chi connectivity index (χ2v) is 17.4. The van der Waals surface area contributed by atoms with E-state index in [-0.39, 0.29) is 13.3 Å². The summed E-state index contributed by atoms with van der Waals surface area (Å²) >= 11 is 0. The molecule has 4 saturated carbocycles. The van der Waals surface area contributed by atoms with Crippen molar-refractivity contribution < 1.29 is 0 Å². The summed E-state index contributed by atoms with van der Waals surface area (Å²) in [5.41, 5.74) is 5.78. The van der Waals surface area contributed by atoms with Crippen molar-refractivity contribution in [1.29, 1.82) is 0 Å². The molecule has 6 atom stereocenters. The van der Waals surface area contributed by atoms with Gasteiger partial charge in [0, 0.05) is 11.6 Å². The summed E-state index contributed by atoms with van der Waals surface area (Å²) in [4.78, 5) is 0. The molecule has 6 fully saturated rings. The Balaban J connectivity index is 1.42. The van der Waals surface area contributed by atoms with Gasteiger partial charge in [-0.25, -0.2) is 0 Å². The number of hydrogen-bond donors (Lipinski definition) is 2. The first-order chi connectivity index (χ1) is 17.4. The van der Waals surface area contributed by atoms with Gasteiger partial charge in [-0.1, -0.05) is 59.7 Å². The van der Waals surface area contributed by atoms with Gasteiger partial charge in [0.05, 0.1) is 0 Å². The highest BCUT2D eigenvalue weighted by Gasteiger charge is 2.57. The van der Waals surface area contributed by atoms with Gasteiger partial charge in [0.15, 0.2) is 0 Å². The first kappa shape index (κ1) is 26.2. The molecule has 2 saturated heterocycles. The maximum absolute atomic E-state index is 4.04. The summed E-state index contributed by atoms with van der Waals surface area (Å²) in [7, 11) is 3.08. The maximum Gasteiger partial charge on any atom is 0.0286 e. The molecule has 0 aromatic heterocycles.